The topological polar surface area (TPSA) is 52.3 Å². The maximum atomic E-state index is 13.4. The summed E-state index contributed by atoms with van der Waals surface area (Å²) in [6.45, 7) is 5.44. The van der Waals surface area contributed by atoms with E-state index < -0.39 is 5.60 Å². The van der Waals surface area contributed by atoms with Crippen LogP contribution in [0.4, 0.5) is 10.1 Å². The zero-order valence-electron chi connectivity index (χ0n) is 12.3. The van der Waals surface area contributed by atoms with E-state index in [1.807, 2.05) is 20.8 Å². The lowest BCUT2D eigenvalue weighted by molar-refractivity contribution is 0.00696. The van der Waals surface area contributed by atoms with Crippen LogP contribution in [0.3, 0.4) is 0 Å². The monoisotopic (exact) mass is 287 g/mol. The Morgan fingerprint density at radius 3 is 2.19 bits per heavy atom. The van der Waals surface area contributed by atoms with Gasteiger partial charge in [-0.15, -0.1) is 0 Å². The average Bonchev–Trinajstić information content (AvgIpc) is 2.35. The summed E-state index contributed by atoms with van der Waals surface area (Å²) in [6, 6.07) is 11.2. The summed E-state index contributed by atoms with van der Waals surface area (Å²) in [5.74, 6) is -0.769. The first-order valence-corrected chi connectivity index (χ1v) is 6.64. The van der Waals surface area contributed by atoms with Crippen molar-refractivity contribution < 1.29 is 13.9 Å². The molecule has 2 rings (SSSR count). The van der Waals surface area contributed by atoms with E-state index in [1.165, 1.54) is 12.1 Å². The summed E-state index contributed by atoms with van der Waals surface area (Å²) in [5, 5.41) is 0. The molecule has 0 unspecified atom stereocenters. The molecule has 0 saturated carbocycles. The van der Waals surface area contributed by atoms with E-state index in [9.17, 15) is 9.18 Å². The van der Waals surface area contributed by atoms with Crippen LogP contribution in [0.25, 0.3) is 11.1 Å². The highest BCUT2D eigenvalue weighted by Gasteiger charge is 2.17. The average molecular weight is 287 g/mol. The van der Waals surface area contributed by atoms with Crippen molar-refractivity contribution in [2.75, 3.05) is 5.73 Å². The Bertz CT molecular complexity index is 637. The molecule has 0 spiro atoms. The number of anilines is 1. The van der Waals surface area contributed by atoms with Crippen LogP contribution in [0, 0.1) is 5.82 Å². The number of rotatable bonds is 2. The summed E-state index contributed by atoms with van der Waals surface area (Å²) in [7, 11) is 0. The molecule has 3 nitrogen and oxygen atoms in total. The van der Waals surface area contributed by atoms with Gasteiger partial charge in [0, 0.05) is 5.69 Å². The van der Waals surface area contributed by atoms with Crippen molar-refractivity contribution >= 4 is 11.7 Å². The van der Waals surface area contributed by atoms with Gasteiger partial charge >= 0.3 is 5.97 Å². The summed E-state index contributed by atoms with van der Waals surface area (Å²) in [4.78, 5) is 11.9. The number of nitrogens with two attached hydrogens (primary N) is 1. The maximum Gasteiger partial charge on any atom is 0.338 e. The second-order valence-electron chi connectivity index (χ2n) is 5.85. The SMILES string of the molecule is CC(C)(C)OC(=O)c1ccc(-c2cc(N)cc(F)c2)cc1. The molecule has 21 heavy (non-hydrogen) atoms. The van der Waals surface area contributed by atoms with Gasteiger partial charge in [0.1, 0.15) is 11.4 Å². The molecule has 0 aliphatic rings. The number of carbonyl (C=O) groups is 1. The summed E-state index contributed by atoms with van der Waals surface area (Å²) in [6.07, 6.45) is 0. The molecular weight excluding hydrogens is 269 g/mol. The minimum Gasteiger partial charge on any atom is -0.456 e. The number of hydrogen-bond acceptors (Lipinski definition) is 3. The second-order valence-corrected chi connectivity index (χ2v) is 5.85. The minimum atomic E-state index is -0.535. The van der Waals surface area contributed by atoms with E-state index in [-0.39, 0.29) is 11.8 Å². The molecule has 4 heteroatoms. The number of ether oxygens (including phenoxy) is 1. The van der Waals surface area contributed by atoms with E-state index in [0.29, 0.717) is 16.8 Å². The summed E-state index contributed by atoms with van der Waals surface area (Å²) in [5.41, 5.74) is 7.37. The summed E-state index contributed by atoms with van der Waals surface area (Å²) < 4.78 is 18.6. The molecule has 0 radical (unpaired) electrons. The standard InChI is InChI=1S/C17H18FNO2/c1-17(2,3)21-16(20)12-6-4-11(5-7-12)13-8-14(18)10-15(19)9-13/h4-10H,19H2,1-3H3. The van der Waals surface area contributed by atoms with Crippen LogP contribution in [0.5, 0.6) is 0 Å². The minimum absolute atomic E-state index is 0.362. The fraction of sp³-hybridized carbons (Fsp3) is 0.235. The first-order valence-electron chi connectivity index (χ1n) is 6.64. The lowest BCUT2D eigenvalue weighted by atomic mass is 10.0. The van der Waals surface area contributed by atoms with Crippen LogP contribution in [-0.2, 0) is 4.74 Å². The predicted molar refractivity (Wildman–Crippen MR) is 81.4 cm³/mol. The molecule has 0 bridgehead atoms. The van der Waals surface area contributed by atoms with E-state index in [1.54, 1.807) is 30.3 Å². The molecule has 0 saturated heterocycles. The highest BCUT2D eigenvalue weighted by molar-refractivity contribution is 5.90. The molecular formula is C17H18FNO2. The first-order chi connectivity index (χ1) is 9.74. The quantitative estimate of drug-likeness (QED) is 0.670. The highest BCUT2D eigenvalue weighted by Crippen LogP contribution is 2.24. The molecule has 2 N–H and O–H groups in total. The van der Waals surface area contributed by atoms with Gasteiger partial charge < -0.3 is 10.5 Å². The van der Waals surface area contributed by atoms with E-state index >= 15 is 0 Å². The molecule has 0 fully saturated rings. The van der Waals surface area contributed by atoms with E-state index in [2.05, 4.69) is 0 Å². The third-order valence-electron chi connectivity index (χ3n) is 2.77. The first kappa shape index (κ1) is 15.0. The van der Waals surface area contributed by atoms with Gasteiger partial charge in [0.15, 0.2) is 0 Å². The fourth-order valence-corrected chi connectivity index (χ4v) is 1.91. The van der Waals surface area contributed by atoms with Crippen molar-refractivity contribution in [2.45, 2.75) is 26.4 Å². The van der Waals surface area contributed by atoms with Crippen LogP contribution in [-0.4, -0.2) is 11.6 Å². The van der Waals surface area contributed by atoms with Crippen molar-refractivity contribution in [1.82, 2.24) is 0 Å². The van der Waals surface area contributed by atoms with Crippen LogP contribution in [0.1, 0.15) is 31.1 Å². The van der Waals surface area contributed by atoms with Crippen molar-refractivity contribution in [3.05, 3.63) is 53.8 Å². The predicted octanol–water partition coefficient (Wildman–Crippen LogP) is 4.03. The van der Waals surface area contributed by atoms with Crippen molar-refractivity contribution in [2.24, 2.45) is 0 Å². The Morgan fingerprint density at radius 1 is 1.05 bits per heavy atom. The van der Waals surface area contributed by atoms with Gasteiger partial charge in [0.2, 0.25) is 0 Å². The normalized spacial score (nSPS) is 11.2. The number of nitrogen functional groups attached to an aromatic ring is 1. The van der Waals surface area contributed by atoms with E-state index in [0.717, 1.165) is 5.56 Å². The fourth-order valence-electron chi connectivity index (χ4n) is 1.91. The van der Waals surface area contributed by atoms with Gasteiger partial charge in [0.05, 0.1) is 5.56 Å². The van der Waals surface area contributed by atoms with Crippen LogP contribution >= 0.6 is 0 Å². The molecule has 2 aromatic carbocycles. The molecule has 0 aliphatic heterocycles. The van der Waals surface area contributed by atoms with Crippen molar-refractivity contribution in [1.29, 1.82) is 0 Å². The Labute approximate surface area is 123 Å². The number of carbonyl (C=O) groups excluding carboxylic acids is 1. The third-order valence-corrected chi connectivity index (χ3v) is 2.77. The van der Waals surface area contributed by atoms with Gasteiger partial charge in [-0.25, -0.2) is 9.18 Å². The number of esters is 1. The zero-order chi connectivity index (χ0) is 15.6. The van der Waals surface area contributed by atoms with Crippen LogP contribution < -0.4 is 5.73 Å². The molecule has 2 aromatic rings. The van der Waals surface area contributed by atoms with Crippen molar-refractivity contribution in [3.63, 3.8) is 0 Å². The maximum absolute atomic E-state index is 13.4. The molecule has 0 aromatic heterocycles. The largest absolute Gasteiger partial charge is 0.456 e. The van der Waals surface area contributed by atoms with Gasteiger partial charge in [-0.3, -0.25) is 0 Å². The number of benzene rings is 2. The Hall–Kier alpha value is -2.36. The molecule has 110 valence electrons. The van der Waals surface area contributed by atoms with E-state index in [4.69, 9.17) is 10.5 Å². The highest BCUT2D eigenvalue weighted by atomic mass is 19.1. The zero-order valence-corrected chi connectivity index (χ0v) is 12.3. The Balaban J connectivity index is 2.24. The van der Waals surface area contributed by atoms with Gasteiger partial charge in [-0.1, -0.05) is 12.1 Å². The van der Waals surface area contributed by atoms with Crippen molar-refractivity contribution in [3.8, 4) is 11.1 Å². The van der Waals surface area contributed by atoms with Crippen LogP contribution in [0.2, 0.25) is 0 Å². The second kappa shape index (κ2) is 5.56. The van der Waals surface area contributed by atoms with Gasteiger partial charge in [-0.05, 0) is 62.2 Å². The molecule has 0 heterocycles. The lowest BCUT2D eigenvalue weighted by Gasteiger charge is -2.19. The molecule has 0 amide bonds. The summed E-state index contributed by atoms with van der Waals surface area (Å²) >= 11 is 0. The lowest BCUT2D eigenvalue weighted by Crippen LogP contribution is -2.23. The smallest absolute Gasteiger partial charge is 0.338 e. The molecule has 0 aliphatic carbocycles. The third kappa shape index (κ3) is 4.05. The Morgan fingerprint density at radius 2 is 1.67 bits per heavy atom. The number of hydrogen-bond donors (Lipinski definition) is 1. The number of halogens is 1. The van der Waals surface area contributed by atoms with Crippen LogP contribution in [0.15, 0.2) is 42.5 Å². The van der Waals surface area contributed by atoms with Gasteiger partial charge in [-0.2, -0.15) is 0 Å². The Kier molecular flexibility index (Phi) is 3.98. The van der Waals surface area contributed by atoms with Gasteiger partial charge in [0.25, 0.3) is 0 Å². The molecule has 0 atom stereocenters.